The number of likely N-dealkylation sites (N-methyl/N-ethyl adjacent to an activating group) is 1. The van der Waals surface area contributed by atoms with Crippen LogP contribution in [0.25, 0.3) is 0 Å². The molecule has 0 aliphatic carbocycles. The van der Waals surface area contributed by atoms with E-state index >= 15 is 0 Å². The summed E-state index contributed by atoms with van der Waals surface area (Å²) in [6, 6.07) is 15.0. The van der Waals surface area contributed by atoms with E-state index in [1.54, 1.807) is 6.08 Å². The molecule has 0 fully saturated rings. The first-order chi connectivity index (χ1) is 13.0. The van der Waals surface area contributed by atoms with Crippen molar-refractivity contribution in [1.82, 2.24) is 4.90 Å². The Morgan fingerprint density at radius 1 is 1.00 bits per heavy atom. The van der Waals surface area contributed by atoms with E-state index in [0.29, 0.717) is 6.61 Å². The van der Waals surface area contributed by atoms with E-state index in [0.717, 1.165) is 34.4 Å². The van der Waals surface area contributed by atoms with Crippen LogP contribution >= 0.6 is 15.9 Å². The van der Waals surface area contributed by atoms with E-state index in [-0.39, 0.29) is 0 Å². The van der Waals surface area contributed by atoms with Gasteiger partial charge < -0.3 is 9.84 Å². The predicted octanol–water partition coefficient (Wildman–Crippen LogP) is 4.92. The van der Waals surface area contributed by atoms with Crippen LogP contribution < -0.4 is 4.74 Å². The normalized spacial score (nSPS) is 13.5. The second kappa shape index (κ2) is 10.3. The molecule has 0 saturated heterocycles. The van der Waals surface area contributed by atoms with Crippen LogP contribution in [-0.4, -0.2) is 36.8 Å². The first kappa shape index (κ1) is 21.2. The predicted molar refractivity (Wildman–Crippen MR) is 116 cm³/mol. The molecule has 1 atom stereocenters. The Morgan fingerprint density at radius 3 is 2.15 bits per heavy atom. The summed E-state index contributed by atoms with van der Waals surface area (Å²) in [7, 11) is 2.04. The molecule has 2 aromatic carbocycles. The van der Waals surface area contributed by atoms with Crippen LogP contribution in [0.2, 0.25) is 0 Å². The Morgan fingerprint density at radius 2 is 1.59 bits per heavy atom. The summed E-state index contributed by atoms with van der Waals surface area (Å²) in [4.78, 5) is 2.15. The molecule has 0 bridgehead atoms. The molecule has 0 saturated carbocycles. The Bertz CT molecular complexity index is 768. The smallest absolute Gasteiger partial charge is 0.133 e. The summed E-state index contributed by atoms with van der Waals surface area (Å²) in [6.07, 6.45) is 7.50. The fourth-order valence-electron chi connectivity index (χ4n) is 2.67. The molecule has 0 heterocycles. The number of nitrogens with zero attached hydrogens (tertiary/aromatic N) is 1. The number of aliphatic hydroxyl groups is 1. The van der Waals surface area contributed by atoms with Crippen molar-refractivity contribution in [2.75, 3.05) is 26.7 Å². The second-order valence-corrected chi connectivity index (χ2v) is 7.21. The van der Waals surface area contributed by atoms with Gasteiger partial charge in [0.25, 0.3) is 0 Å². The van der Waals surface area contributed by atoms with Crippen molar-refractivity contribution in [2.45, 2.75) is 5.60 Å². The molecule has 2 rings (SSSR count). The van der Waals surface area contributed by atoms with Gasteiger partial charge in [-0.2, -0.15) is 0 Å². The van der Waals surface area contributed by atoms with Crippen LogP contribution in [0.5, 0.6) is 5.75 Å². The topological polar surface area (TPSA) is 32.7 Å². The SMILES string of the molecule is C=CCN(C)C/C=C/COc1ccc([C@@](O)(C=C)c2ccc(Br)cc2)cc1. The molecule has 0 spiro atoms. The molecule has 27 heavy (non-hydrogen) atoms. The van der Waals surface area contributed by atoms with Gasteiger partial charge in [0.15, 0.2) is 0 Å². The number of ether oxygens (including phenoxy) is 1. The van der Waals surface area contributed by atoms with Crippen LogP contribution in [-0.2, 0) is 5.60 Å². The molecule has 142 valence electrons. The lowest BCUT2D eigenvalue weighted by Crippen LogP contribution is -2.24. The van der Waals surface area contributed by atoms with Crippen molar-refractivity contribution >= 4 is 15.9 Å². The number of hydrogen-bond acceptors (Lipinski definition) is 3. The van der Waals surface area contributed by atoms with Gasteiger partial charge in [0, 0.05) is 17.6 Å². The van der Waals surface area contributed by atoms with E-state index in [9.17, 15) is 5.11 Å². The van der Waals surface area contributed by atoms with E-state index in [4.69, 9.17) is 4.74 Å². The highest BCUT2D eigenvalue weighted by molar-refractivity contribution is 9.10. The molecule has 0 radical (unpaired) electrons. The van der Waals surface area contributed by atoms with Crippen molar-refractivity contribution in [3.8, 4) is 5.75 Å². The number of halogens is 1. The summed E-state index contributed by atoms with van der Waals surface area (Å²) in [5, 5.41) is 11.1. The highest BCUT2D eigenvalue weighted by atomic mass is 79.9. The molecule has 4 heteroatoms. The fraction of sp³-hybridized carbons (Fsp3) is 0.217. The first-order valence-corrected chi connectivity index (χ1v) is 9.58. The summed E-state index contributed by atoms with van der Waals surface area (Å²) >= 11 is 3.41. The summed E-state index contributed by atoms with van der Waals surface area (Å²) < 4.78 is 6.69. The molecular weight excluding hydrogens is 402 g/mol. The van der Waals surface area contributed by atoms with Gasteiger partial charge in [0.2, 0.25) is 0 Å². The summed E-state index contributed by atoms with van der Waals surface area (Å²) in [6.45, 7) is 9.75. The van der Waals surface area contributed by atoms with Crippen LogP contribution in [0.1, 0.15) is 11.1 Å². The van der Waals surface area contributed by atoms with Crippen molar-refractivity contribution in [3.63, 3.8) is 0 Å². The second-order valence-electron chi connectivity index (χ2n) is 6.29. The van der Waals surface area contributed by atoms with Crippen LogP contribution in [0.15, 0.2) is 90.5 Å². The molecule has 0 aromatic heterocycles. The number of hydrogen-bond donors (Lipinski definition) is 1. The Kier molecular flexibility index (Phi) is 8.04. The summed E-state index contributed by atoms with van der Waals surface area (Å²) in [5.74, 6) is 0.755. The standard InChI is InChI=1S/C23H26BrNO2/c1-4-16-25(3)17-6-7-18-27-22-14-10-20(11-15-22)23(26,5-2)19-8-12-21(24)13-9-19/h4-15,26H,1-2,16-18H2,3H3/b7-6+/t23-/m1/s1. The maximum atomic E-state index is 11.1. The van der Waals surface area contributed by atoms with Gasteiger partial charge in [-0.3, -0.25) is 4.90 Å². The quantitative estimate of drug-likeness (QED) is 0.545. The molecule has 2 aromatic rings. The highest BCUT2D eigenvalue weighted by Gasteiger charge is 2.27. The molecule has 3 nitrogen and oxygen atoms in total. The zero-order valence-corrected chi connectivity index (χ0v) is 17.2. The minimum absolute atomic E-state index is 0.500. The molecule has 0 unspecified atom stereocenters. The van der Waals surface area contributed by atoms with Gasteiger partial charge in [-0.05, 0) is 42.4 Å². The molecule has 0 aliphatic rings. The van der Waals surface area contributed by atoms with Crippen molar-refractivity contribution in [1.29, 1.82) is 0 Å². The average molecular weight is 428 g/mol. The molecule has 1 N–H and O–H groups in total. The van der Waals surface area contributed by atoms with Gasteiger partial charge >= 0.3 is 0 Å². The largest absolute Gasteiger partial charge is 0.490 e. The van der Waals surface area contributed by atoms with Crippen molar-refractivity contribution in [2.24, 2.45) is 0 Å². The minimum atomic E-state index is -1.24. The third kappa shape index (κ3) is 5.93. The lowest BCUT2D eigenvalue weighted by Gasteiger charge is -2.26. The Balaban J connectivity index is 1.99. The third-order valence-electron chi connectivity index (χ3n) is 4.24. The maximum Gasteiger partial charge on any atom is 0.133 e. The van der Waals surface area contributed by atoms with Gasteiger partial charge in [0.1, 0.15) is 18.0 Å². The molecule has 0 aliphatic heterocycles. The highest BCUT2D eigenvalue weighted by Crippen LogP contribution is 2.32. The molecular formula is C23H26BrNO2. The van der Waals surface area contributed by atoms with E-state index in [1.807, 2.05) is 67.7 Å². The first-order valence-electron chi connectivity index (χ1n) is 8.79. The van der Waals surface area contributed by atoms with E-state index in [1.165, 1.54) is 0 Å². The Hall–Kier alpha value is -2.14. The maximum absolute atomic E-state index is 11.1. The fourth-order valence-corrected chi connectivity index (χ4v) is 2.94. The zero-order chi connectivity index (χ0) is 19.7. The third-order valence-corrected chi connectivity index (χ3v) is 4.77. The van der Waals surface area contributed by atoms with E-state index in [2.05, 4.69) is 40.1 Å². The van der Waals surface area contributed by atoms with Gasteiger partial charge in [-0.25, -0.2) is 0 Å². The van der Waals surface area contributed by atoms with Crippen molar-refractivity contribution in [3.05, 3.63) is 102 Å². The number of benzene rings is 2. The van der Waals surface area contributed by atoms with Gasteiger partial charge in [-0.15, -0.1) is 6.58 Å². The van der Waals surface area contributed by atoms with Gasteiger partial charge in [-0.1, -0.05) is 71.1 Å². The average Bonchev–Trinajstić information content (AvgIpc) is 2.68. The number of rotatable bonds is 10. The van der Waals surface area contributed by atoms with Crippen LogP contribution in [0.4, 0.5) is 0 Å². The summed E-state index contributed by atoms with van der Waals surface area (Å²) in [5.41, 5.74) is 0.268. The molecule has 0 amide bonds. The zero-order valence-electron chi connectivity index (χ0n) is 15.6. The van der Waals surface area contributed by atoms with E-state index < -0.39 is 5.60 Å². The monoisotopic (exact) mass is 427 g/mol. The van der Waals surface area contributed by atoms with Crippen LogP contribution in [0, 0.1) is 0 Å². The van der Waals surface area contributed by atoms with Crippen molar-refractivity contribution < 1.29 is 9.84 Å². The van der Waals surface area contributed by atoms with Crippen LogP contribution in [0.3, 0.4) is 0 Å². The lowest BCUT2D eigenvalue weighted by molar-refractivity contribution is 0.135. The van der Waals surface area contributed by atoms with Gasteiger partial charge in [0.05, 0.1) is 0 Å². The lowest BCUT2D eigenvalue weighted by atomic mass is 9.86. The Labute approximate surface area is 170 Å². The minimum Gasteiger partial charge on any atom is -0.490 e.